The number of ketones is 1. The van der Waals surface area contributed by atoms with Crippen LogP contribution < -0.4 is 5.73 Å². The zero-order chi connectivity index (χ0) is 8.43. The topological polar surface area (TPSA) is 44.7 Å². The molecule has 0 unspecified atom stereocenters. The van der Waals surface area contributed by atoms with E-state index < -0.39 is 0 Å². The molecule has 1 aromatic rings. The minimum Gasteiger partial charge on any atom is -0.325 e. The first-order chi connectivity index (χ1) is 5.13. The van der Waals surface area contributed by atoms with E-state index in [0.717, 1.165) is 0 Å². The summed E-state index contributed by atoms with van der Waals surface area (Å²) in [4.78, 5) is 11.0. The van der Waals surface area contributed by atoms with E-state index in [1.807, 2.05) is 0 Å². The Hall–Kier alpha value is -0.860. The van der Waals surface area contributed by atoms with Gasteiger partial charge in [0.15, 0.2) is 5.78 Å². The first-order valence-corrected chi connectivity index (χ1v) is 3.62. The van der Waals surface area contributed by atoms with Crippen LogP contribution in [0.2, 0.25) is 5.02 Å². The molecule has 1 rings (SSSR count). The van der Waals surface area contributed by atoms with Crippen LogP contribution in [0.1, 0.15) is 17.3 Å². The van der Waals surface area contributed by atoms with Crippen molar-refractivity contribution in [3.05, 3.63) is 28.8 Å². The summed E-state index contributed by atoms with van der Waals surface area (Å²) >= 11 is 5.76. The van der Waals surface area contributed by atoms with Gasteiger partial charge < -0.3 is 5.73 Å². The Morgan fingerprint density at radius 3 is 2.55 bits per heavy atom. The molecule has 0 heterocycles. The molecule has 58 valence electrons. The molecule has 3 N–H and O–H groups in total. The molecule has 0 spiro atoms. The Bertz CT molecular complexity index is 276. The molecule has 0 amide bonds. The minimum atomic E-state index is -0.0411. The fourth-order valence-corrected chi connectivity index (χ4v) is 1.29. The summed E-state index contributed by atoms with van der Waals surface area (Å²) in [7, 11) is 0. The van der Waals surface area contributed by atoms with Crippen LogP contribution in [-0.4, -0.2) is 5.78 Å². The molecule has 0 aliphatic heterocycles. The SMILES string of the molecule is CC(=O)c1c([NH3+])cccc1Cl. The fraction of sp³-hybridized carbons (Fsp3) is 0.125. The lowest BCUT2D eigenvalue weighted by Crippen LogP contribution is -2.41. The van der Waals surface area contributed by atoms with E-state index in [9.17, 15) is 4.79 Å². The van der Waals surface area contributed by atoms with E-state index in [1.165, 1.54) is 6.92 Å². The fourth-order valence-electron chi connectivity index (χ4n) is 0.963. The molecule has 0 aliphatic rings. The maximum atomic E-state index is 11.0. The van der Waals surface area contributed by atoms with Gasteiger partial charge in [-0.1, -0.05) is 17.7 Å². The van der Waals surface area contributed by atoms with Gasteiger partial charge >= 0.3 is 0 Å². The lowest BCUT2D eigenvalue weighted by molar-refractivity contribution is -0.255. The summed E-state index contributed by atoms with van der Waals surface area (Å²) in [5, 5.41) is 0.477. The van der Waals surface area contributed by atoms with Gasteiger partial charge in [-0.15, -0.1) is 0 Å². The number of quaternary nitrogens is 1. The van der Waals surface area contributed by atoms with Crippen LogP contribution >= 0.6 is 11.6 Å². The average Bonchev–Trinajstić information content (AvgIpc) is 1.85. The van der Waals surface area contributed by atoms with Crippen molar-refractivity contribution in [2.45, 2.75) is 6.92 Å². The van der Waals surface area contributed by atoms with E-state index >= 15 is 0 Å². The van der Waals surface area contributed by atoms with Gasteiger partial charge in [0.05, 0.1) is 10.6 Å². The Morgan fingerprint density at radius 2 is 2.18 bits per heavy atom. The molecule has 0 radical (unpaired) electrons. The third-order valence-electron chi connectivity index (χ3n) is 1.45. The van der Waals surface area contributed by atoms with Crippen LogP contribution in [0, 0.1) is 0 Å². The Balaban J connectivity index is 3.32. The highest BCUT2D eigenvalue weighted by Crippen LogP contribution is 2.20. The lowest BCUT2D eigenvalue weighted by Gasteiger charge is -1.98. The van der Waals surface area contributed by atoms with E-state index in [0.29, 0.717) is 16.3 Å². The normalized spacial score (nSPS) is 9.73. The van der Waals surface area contributed by atoms with Gasteiger partial charge in [0.2, 0.25) is 0 Å². The van der Waals surface area contributed by atoms with Crippen LogP contribution in [0.15, 0.2) is 18.2 Å². The van der Waals surface area contributed by atoms with E-state index in [1.54, 1.807) is 18.2 Å². The second kappa shape index (κ2) is 3.03. The smallest absolute Gasteiger partial charge is 0.167 e. The van der Waals surface area contributed by atoms with E-state index in [2.05, 4.69) is 5.73 Å². The second-order valence-electron chi connectivity index (χ2n) is 2.33. The molecule has 0 saturated carbocycles. The van der Waals surface area contributed by atoms with Gasteiger partial charge in [0, 0.05) is 0 Å². The third kappa shape index (κ3) is 1.59. The van der Waals surface area contributed by atoms with Crippen LogP contribution in [-0.2, 0) is 0 Å². The molecule has 0 bridgehead atoms. The van der Waals surface area contributed by atoms with Crippen LogP contribution in [0.3, 0.4) is 0 Å². The number of carbonyl (C=O) groups excluding carboxylic acids is 1. The molecule has 11 heavy (non-hydrogen) atoms. The Labute approximate surface area is 70.0 Å². The molecule has 0 saturated heterocycles. The van der Waals surface area contributed by atoms with Gasteiger partial charge in [0.1, 0.15) is 5.69 Å². The molecular weight excluding hydrogens is 162 g/mol. The number of carbonyl (C=O) groups is 1. The van der Waals surface area contributed by atoms with Crippen molar-refractivity contribution in [2.75, 3.05) is 0 Å². The van der Waals surface area contributed by atoms with Crippen molar-refractivity contribution in [3.8, 4) is 0 Å². The molecule has 0 atom stereocenters. The van der Waals surface area contributed by atoms with Crippen molar-refractivity contribution >= 4 is 23.1 Å². The van der Waals surface area contributed by atoms with E-state index in [4.69, 9.17) is 11.6 Å². The van der Waals surface area contributed by atoms with Crippen molar-refractivity contribution in [1.82, 2.24) is 0 Å². The van der Waals surface area contributed by atoms with Crippen molar-refractivity contribution in [3.63, 3.8) is 0 Å². The van der Waals surface area contributed by atoms with Gasteiger partial charge in [-0.2, -0.15) is 0 Å². The van der Waals surface area contributed by atoms with Crippen molar-refractivity contribution < 1.29 is 10.5 Å². The first-order valence-electron chi connectivity index (χ1n) is 3.24. The Kier molecular flexibility index (Phi) is 2.27. The zero-order valence-corrected chi connectivity index (χ0v) is 6.98. The maximum Gasteiger partial charge on any atom is 0.167 e. The second-order valence-corrected chi connectivity index (χ2v) is 2.74. The molecular formula is C8H9ClNO+. The van der Waals surface area contributed by atoms with Crippen LogP contribution in [0.5, 0.6) is 0 Å². The number of hydrogen-bond acceptors (Lipinski definition) is 1. The Morgan fingerprint density at radius 1 is 1.55 bits per heavy atom. The summed E-state index contributed by atoms with van der Waals surface area (Å²) in [6.45, 7) is 1.48. The number of hydrogen-bond donors (Lipinski definition) is 1. The number of halogens is 1. The van der Waals surface area contributed by atoms with Crippen LogP contribution in [0.4, 0.5) is 5.69 Å². The van der Waals surface area contributed by atoms with Crippen molar-refractivity contribution in [2.24, 2.45) is 0 Å². The zero-order valence-electron chi connectivity index (χ0n) is 6.23. The standard InChI is InChI=1S/C8H8ClNO/c1-5(11)8-6(9)3-2-4-7(8)10/h2-4H,10H2,1H3/p+1. The minimum absolute atomic E-state index is 0.0411. The summed E-state index contributed by atoms with van der Waals surface area (Å²) in [5.41, 5.74) is 4.90. The monoisotopic (exact) mass is 170 g/mol. The average molecular weight is 171 g/mol. The number of rotatable bonds is 1. The number of benzene rings is 1. The summed E-state index contributed by atoms with van der Waals surface area (Å²) in [6, 6.07) is 5.23. The predicted octanol–water partition coefficient (Wildman–Crippen LogP) is 1.42. The highest BCUT2D eigenvalue weighted by molar-refractivity contribution is 6.34. The molecule has 1 aromatic carbocycles. The molecule has 0 aromatic heterocycles. The number of Topliss-reactive ketones (excluding diaryl/α,β-unsaturated/α-hetero) is 1. The van der Waals surface area contributed by atoms with Gasteiger partial charge in [0.25, 0.3) is 0 Å². The van der Waals surface area contributed by atoms with Gasteiger partial charge in [-0.3, -0.25) is 4.79 Å². The van der Waals surface area contributed by atoms with Gasteiger partial charge in [-0.25, -0.2) is 0 Å². The highest BCUT2D eigenvalue weighted by atomic mass is 35.5. The molecule has 0 aliphatic carbocycles. The predicted molar refractivity (Wildman–Crippen MR) is 44.0 cm³/mol. The largest absolute Gasteiger partial charge is 0.325 e. The summed E-state index contributed by atoms with van der Waals surface area (Å²) in [6.07, 6.45) is 0. The maximum absolute atomic E-state index is 11.0. The first kappa shape index (κ1) is 8.24. The van der Waals surface area contributed by atoms with Crippen molar-refractivity contribution in [1.29, 1.82) is 0 Å². The summed E-state index contributed by atoms with van der Waals surface area (Å²) in [5.74, 6) is -0.0411. The summed E-state index contributed by atoms with van der Waals surface area (Å²) < 4.78 is 0. The molecule has 0 fully saturated rings. The van der Waals surface area contributed by atoms with Gasteiger partial charge in [-0.05, 0) is 19.1 Å². The third-order valence-corrected chi connectivity index (χ3v) is 1.77. The molecule has 3 heteroatoms. The quantitative estimate of drug-likeness (QED) is 0.637. The lowest BCUT2D eigenvalue weighted by atomic mass is 10.1. The highest BCUT2D eigenvalue weighted by Gasteiger charge is 2.10. The van der Waals surface area contributed by atoms with E-state index in [-0.39, 0.29) is 5.78 Å². The van der Waals surface area contributed by atoms with Crippen LogP contribution in [0.25, 0.3) is 0 Å². The molecule has 2 nitrogen and oxygen atoms in total.